The van der Waals surface area contributed by atoms with Crippen molar-refractivity contribution in [2.75, 3.05) is 13.2 Å². The van der Waals surface area contributed by atoms with E-state index < -0.39 is 10.5 Å². The molecule has 0 bridgehead atoms. The van der Waals surface area contributed by atoms with Gasteiger partial charge in [-0.05, 0) is 24.5 Å². The van der Waals surface area contributed by atoms with E-state index in [0.29, 0.717) is 24.7 Å². The smallest absolute Gasteiger partial charge is 0.110 e. The topological polar surface area (TPSA) is 47.9 Å². The number of hydrogen-bond donors (Lipinski definition) is 2. The van der Waals surface area contributed by atoms with E-state index in [4.69, 9.17) is 23.2 Å². The molecule has 1 aliphatic heterocycles. The molecule has 1 saturated carbocycles. The van der Waals surface area contributed by atoms with Gasteiger partial charge in [-0.15, -0.1) is 11.6 Å². The van der Waals surface area contributed by atoms with Gasteiger partial charge in [-0.25, -0.2) is 0 Å². The number of aliphatic hydroxyl groups is 1. The molecule has 1 heterocycles. The number of β-amino-alcohol motifs (C(OH)–C–C–N with tert-alkyl or cyclic N) is 1. The molecule has 4 nitrogen and oxygen atoms in total. The number of halogens is 2. The quantitative estimate of drug-likeness (QED) is 0.819. The van der Waals surface area contributed by atoms with Crippen LogP contribution in [0.25, 0.3) is 0 Å². The molecular weight excluding hydrogens is 297 g/mol. The summed E-state index contributed by atoms with van der Waals surface area (Å²) in [6.07, 6.45) is 3.71. The molecule has 2 N–H and O–H groups in total. The van der Waals surface area contributed by atoms with Gasteiger partial charge >= 0.3 is 0 Å². The van der Waals surface area contributed by atoms with Crippen molar-refractivity contribution in [2.45, 2.75) is 29.7 Å². The Bertz CT molecular complexity index is 525. The van der Waals surface area contributed by atoms with Gasteiger partial charge in [0.25, 0.3) is 0 Å². The van der Waals surface area contributed by atoms with Crippen LogP contribution in [0.1, 0.15) is 18.4 Å². The third-order valence-electron chi connectivity index (χ3n) is 4.00. The second-order valence-corrected chi connectivity index (χ2v) is 6.68. The summed E-state index contributed by atoms with van der Waals surface area (Å²) in [5, 5.41) is 13.6. The highest BCUT2D eigenvalue weighted by Gasteiger charge is 2.58. The minimum atomic E-state index is -1.03. The van der Waals surface area contributed by atoms with E-state index in [2.05, 4.69) is 10.4 Å². The van der Waals surface area contributed by atoms with E-state index in [1.54, 1.807) is 6.34 Å². The normalized spacial score (nSPS) is 23.4. The molecular formula is C14H17Cl2N3O. The lowest BCUT2D eigenvalue weighted by molar-refractivity contribution is -0.0104. The number of nitrogens with zero attached hydrogens (tertiary/aromatic N) is 2. The van der Waals surface area contributed by atoms with Crippen LogP contribution in [0.15, 0.2) is 29.3 Å². The van der Waals surface area contributed by atoms with Crippen LogP contribution in [0.4, 0.5) is 0 Å². The minimum Gasteiger partial charge on any atom is -0.386 e. The molecule has 0 amide bonds. The lowest BCUT2D eigenvalue weighted by atomic mass is 9.88. The first-order valence-electron chi connectivity index (χ1n) is 6.67. The maximum absolute atomic E-state index is 11.1. The van der Waals surface area contributed by atoms with Crippen LogP contribution < -0.4 is 5.43 Å². The van der Waals surface area contributed by atoms with Crippen molar-refractivity contribution in [3.05, 3.63) is 34.9 Å². The van der Waals surface area contributed by atoms with Crippen molar-refractivity contribution >= 4 is 29.5 Å². The maximum atomic E-state index is 11.1. The van der Waals surface area contributed by atoms with E-state index in [0.717, 1.165) is 18.4 Å². The van der Waals surface area contributed by atoms with Crippen molar-refractivity contribution in [3.8, 4) is 0 Å². The van der Waals surface area contributed by atoms with Gasteiger partial charge in [-0.3, -0.25) is 4.99 Å². The van der Waals surface area contributed by atoms with E-state index in [1.165, 1.54) is 0 Å². The molecule has 1 atom stereocenters. The van der Waals surface area contributed by atoms with E-state index in [-0.39, 0.29) is 0 Å². The molecule has 1 aromatic carbocycles. The number of benzene rings is 1. The first-order chi connectivity index (χ1) is 9.52. The molecule has 6 heteroatoms. The molecule has 1 unspecified atom stereocenters. The average molecular weight is 314 g/mol. The third kappa shape index (κ3) is 2.66. The summed E-state index contributed by atoms with van der Waals surface area (Å²) >= 11 is 12.8. The molecule has 0 saturated heterocycles. The number of aliphatic imine (C=N–C) groups is 1. The Kier molecular flexibility index (Phi) is 3.67. The lowest BCUT2D eigenvalue weighted by Crippen LogP contribution is -2.54. The molecule has 2 aliphatic rings. The summed E-state index contributed by atoms with van der Waals surface area (Å²) in [5.74, 6) is 0. The molecule has 0 spiro atoms. The lowest BCUT2D eigenvalue weighted by Gasteiger charge is -2.36. The van der Waals surface area contributed by atoms with Gasteiger partial charge in [0.2, 0.25) is 0 Å². The van der Waals surface area contributed by atoms with Crippen LogP contribution in [0.3, 0.4) is 0 Å². The van der Waals surface area contributed by atoms with Gasteiger partial charge in [-0.2, -0.15) is 5.01 Å². The van der Waals surface area contributed by atoms with Gasteiger partial charge in [0.15, 0.2) is 0 Å². The Hall–Kier alpha value is -0.810. The molecule has 108 valence electrons. The summed E-state index contributed by atoms with van der Waals surface area (Å²) < 4.78 is 0. The Morgan fingerprint density at radius 2 is 2.15 bits per heavy atom. The average Bonchev–Trinajstić information content (AvgIpc) is 2.98. The molecule has 1 aromatic rings. The fraction of sp³-hybridized carbons (Fsp3) is 0.500. The molecule has 0 aromatic heterocycles. The first kappa shape index (κ1) is 14.1. The fourth-order valence-corrected chi connectivity index (χ4v) is 3.03. The van der Waals surface area contributed by atoms with Crippen molar-refractivity contribution in [3.63, 3.8) is 0 Å². The second kappa shape index (κ2) is 5.19. The van der Waals surface area contributed by atoms with E-state index in [1.807, 2.05) is 29.3 Å². The summed E-state index contributed by atoms with van der Waals surface area (Å²) in [6.45, 7) is 0.944. The highest BCUT2D eigenvalue weighted by Crippen LogP contribution is 2.52. The largest absolute Gasteiger partial charge is 0.386 e. The Labute approximate surface area is 128 Å². The standard InChI is InChI=1S/C14H17Cl2N3O/c15-12-4-2-1-3-11(12)7-14(20,13(16)5-6-13)8-19-10-17-9-18-19/h1-4,9,20H,5-8,10H2,(H,17,18). The molecule has 0 radical (unpaired) electrons. The van der Waals surface area contributed by atoms with Crippen LogP contribution in [0.2, 0.25) is 5.02 Å². The van der Waals surface area contributed by atoms with Gasteiger partial charge in [0.05, 0.1) is 17.8 Å². The molecule has 1 aliphatic carbocycles. The van der Waals surface area contributed by atoms with Crippen LogP contribution in [-0.2, 0) is 6.42 Å². The number of hydrogen-bond acceptors (Lipinski definition) is 4. The third-order valence-corrected chi connectivity index (χ3v) is 5.10. The second-order valence-electron chi connectivity index (χ2n) is 5.55. The zero-order chi connectivity index (χ0) is 14.2. The van der Waals surface area contributed by atoms with Gasteiger partial charge in [-0.1, -0.05) is 29.8 Å². The SMILES string of the molecule is OC(Cc1ccccc1Cl)(CN1CN=CN1)C1(Cl)CC1. The molecule has 1 fully saturated rings. The van der Waals surface area contributed by atoms with E-state index in [9.17, 15) is 5.11 Å². The van der Waals surface area contributed by atoms with Gasteiger partial charge in [0.1, 0.15) is 12.3 Å². The van der Waals surface area contributed by atoms with Crippen LogP contribution in [-0.4, -0.2) is 40.1 Å². The molecule has 3 rings (SSSR count). The van der Waals surface area contributed by atoms with E-state index >= 15 is 0 Å². The maximum Gasteiger partial charge on any atom is 0.110 e. The fourth-order valence-electron chi connectivity index (χ4n) is 2.60. The Morgan fingerprint density at radius 1 is 1.40 bits per heavy atom. The number of hydrazine groups is 1. The van der Waals surface area contributed by atoms with Crippen LogP contribution in [0.5, 0.6) is 0 Å². The minimum absolute atomic E-state index is 0.418. The predicted molar refractivity (Wildman–Crippen MR) is 81.1 cm³/mol. The van der Waals surface area contributed by atoms with Crippen molar-refractivity contribution in [1.29, 1.82) is 0 Å². The van der Waals surface area contributed by atoms with Gasteiger partial charge in [0, 0.05) is 11.4 Å². The van der Waals surface area contributed by atoms with Crippen LogP contribution in [0, 0.1) is 0 Å². The Morgan fingerprint density at radius 3 is 2.75 bits per heavy atom. The predicted octanol–water partition coefficient (Wildman–Crippen LogP) is 2.19. The first-order valence-corrected chi connectivity index (χ1v) is 7.42. The van der Waals surface area contributed by atoms with Crippen molar-refractivity contribution < 1.29 is 5.11 Å². The van der Waals surface area contributed by atoms with Crippen molar-refractivity contribution in [2.24, 2.45) is 4.99 Å². The molecule has 20 heavy (non-hydrogen) atoms. The monoisotopic (exact) mass is 313 g/mol. The number of alkyl halides is 1. The summed E-state index contributed by atoms with van der Waals surface area (Å²) in [4.78, 5) is 3.53. The summed E-state index contributed by atoms with van der Waals surface area (Å²) in [6, 6.07) is 7.58. The summed E-state index contributed by atoms with van der Waals surface area (Å²) in [5.41, 5.74) is 2.90. The Balaban J connectivity index is 1.81. The van der Waals surface area contributed by atoms with Crippen molar-refractivity contribution in [1.82, 2.24) is 10.4 Å². The number of rotatable bonds is 5. The zero-order valence-corrected chi connectivity index (χ0v) is 12.5. The number of nitrogens with one attached hydrogen (secondary N) is 1. The highest BCUT2D eigenvalue weighted by atomic mass is 35.5. The summed E-state index contributed by atoms with van der Waals surface area (Å²) in [7, 11) is 0. The highest BCUT2D eigenvalue weighted by molar-refractivity contribution is 6.31. The van der Waals surface area contributed by atoms with Crippen LogP contribution >= 0.6 is 23.2 Å². The van der Waals surface area contributed by atoms with Gasteiger partial charge < -0.3 is 10.5 Å². The zero-order valence-electron chi connectivity index (χ0n) is 11.0.